The van der Waals surface area contributed by atoms with E-state index in [1.165, 1.54) is 16.7 Å². The molecule has 2 rings (SSSR count). The van der Waals surface area contributed by atoms with Gasteiger partial charge in [0.05, 0.1) is 0 Å². The van der Waals surface area contributed by atoms with Gasteiger partial charge in [-0.25, -0.2) is 0 Å². The van der Waals surface area contributed by atoms with Gasteiger partial charge in [-0.2, -0.15) is 0 Å². The Kier molecular flexibility index (Phi) is 2.24. The Morgan fingerprint density at radius 2 is 2.07 bits per heavy atom. The molecule has 0 amide bonds. The SMILES string of the molecule is CCC(=O)C1=C(C)c2ccccc2C1. The fourth-order valence-corrected chi connectivity index (χ4v) is 2.05. The fraction of sp³-hybridized carbons (Fsp3) is 0.308. The molecule has 0 radical (unpaired) electrons. The summed E-state index contributed by atoms with van der Waals surface area (Å²) >= 11 is 0. The van der Waals surface area contributed by atoms with E-state index in [2.05, 4.69) is 19.1 Å². The average Bonchev–Trinajstić information content (AvgIpc) is 2.56. The van der Waals surface area contributed by atoms with Gasteiger partial charge in [0.1, 0.15) is 0 Å². The summed E-state index contributed by atoms with van der Waals surface area (Å²) in [6.07, 6.45) is 1.44. The summed E-state index contributed by atoms with van der Waals surface area (Å²) in [7, 11) is 0. The van der Waals surface area contributed by atoms with Gasteiger partial charge in [-0.3, -0.25) is 4.79 Å². The van der Waals surface area contributed by atoms with Crippen LogP contribution < -0.4 is 0 Å². The molecule has 1 heteroatoms. The van der Waals surface area contributed by atoms with E-state index in [1.54, 1.807) is 0 Å². The lowest BCUT2D eigenvalue weighted by Crippen LogP contribution is -2.00. The number of benzene rings is 1. The van der Waals surface area contributed by atoms with Crippen molar-refractivity contribution in [2.75, 3.05) is 0 Å². The first-order chi connectivity index (χ1) is 6.74. The minimum absolute atomic E-state index is 0.290. The lowest BCUT2D eigenvalue weighted by atomic mass is 10.0. The summed E-state index contributed by atoms with van der Waals surface area (Å²) in [5, 5.41) is 0. The summed E-state index contributed by atoms with van der Waals surface area (Å²) in [6, 6.07) is 8.27. The zero-order valence-electron chi connectivity index (χ0n) is 8.63. The Balaban J connectivity index is 2.44. The molecule has 0 N–H and O–H groups in total. The highest BCUT2D eigenvalue weighted by Crippen LogP contribution is 2.32. The Hall–Kier alpha value is -1.37. The van der Waals surface area contributed by atoms with Crippen molar-refractivity contribution in [3.05, 3.63) is 41.0 Å². The minimum Gasteiger partial charge on any atom is -0.295 e. The molecule has 0 aliphatic heterocycles. The third kappa shape index (κ3) is 1.29. The van der Waals surface area contributed by atoms with E-state index >= 15 is 0 Å². The smallest absolute Gasteiger partial charge is 0.159 e. The normalized spacial score (nSPS) is 14.4. The number of rotatable bonds is 2. The molecule has 0 atom stereocenters. The Bertz CT molecular complexity index is 413. The maximum absolute atomic E-state index is 11.6. The summed E-state index contributed by atoms with van der Waals surface area (Å²) in [6.45, 7) is 3.97. The van der Waals surface area contributed by atoms with Crippen LogP contribution in [0.2, 0.25) is 0 Å². The number of hydrogen-bond acceptors (Lipinski definition) is 1. The Morgan fingerprint density at radius 3 is 2.71 bits per heavy atom. The number of allylic oxidation sites excluding steroid dienone is 2. The largest absolute Gasteiger partial charge is 0.295 e. The number of Topliss-reactive ketones (excluding diaryl/α,β-unsaturated/α-hetero) is 1. The van der Waals surface area contributed by atoms with E-state index in [-0.39, 0.29) is 0 Å². The lowest BCUT2D eigenvalue weighted by Gasteiger charge is -1.99. The van der Waals surface area contributed by atoms with Gasteiger partial charge in [0.25, 0.3) is 0 Å². The van der Waals surface area contributed by atoms with Gasteiger partial charge in [-0.15, -0.1) is 0 Å². The second-order valence-electron chi connectivity index (χ2n) is 3.71. The van der Waals surface area contributed by atoms with Crippen molar-refractivity contribution < 1.29 is 4.79 Å². The van der Waals surface area contributed by atoms with Crippen molar-refractivity contribution >= 4 is 11.4 Å². The fourth-order valence-electron chi connectivity index (χ4n) is 2.05. The van der Waals surface area contributed by atoms with Crippen LogP contribution in [0.15, 0.2) is 29.8 Å². The standard InChI is InChI=1S/C13H14O/c1-3-13(14)12-8-10-6-4-5-7-11(10)9(12)2/h4-7H,3,8H2,1-2H3. The van der Waals surface area contributed by atoms with Crippen molar-refractivity contribution in [1.82, 2.24) is 0 Å². The molecule has 14 heavy (non-hydrogen) atoms. The first kappa shape index (κ1) is 9.20. The molecule has 0 saturated heterocycles. The van der Waals surface area contributed by atoms with Crippen LogP contribution in [0, 0.1) is 0 Å². The first-order valence-corrected chi connectivity index (χ1v) is 5.05. The van der Waals surface area contributed by atoms with E-state index in [4.69, 9.17) is 0 Å². The molecule has 1 aromatic carbocycles. The lowest BCUT2D eigenvalue weighted by molar-refractivity contribution is -0.115. The first-order valence-electron chi connectivity index (χ1n) is 5.05. The highest BCUT2D eigenvalue weighted by atomic mass is 16.1. The predicted octanol–water partition coefficient (Wildman–Crippen LogP) is 3.00. The zero-order valence-corrected chi connectivity index (χ0v) is 8.63. The second-order valence-corrected chi connectivity index (χ2v) is 3.71. The molecule has 1 aromatic rings. The number of ketones is 1. The topological polar surface area (TPSA) is 17.1 Å². The maximum atomic E-state index is 11.6. The third-order valence-corrected chi connectivity index (χ3v) is 2.90. The van der Waals surface area contributed by atoms with E-state index in [9.17, 15) is 4.79 Å². The van der Waals surface area contributed by atoms with Crippen LogP contribution in [0.25, 0.3) is 5.57 Å². The average molecular weight is 186 g/mol. The quantitative estimate of drug-likeness (QED) is 0.694. The van der Waals surface area contributed by atoms with Gasteiger partial charge in [-0.05, 0) is 23.6 Å². The zero-order chi connectivity index (χ0) is 10.1. The molecule has 0 aromatic heterocycles. The second kappa shape index (κ2) is 3.41. The van der Waals surface area contributed by atoms with Crippen molar-refractivity contribution in [1.29, 1.82) is 0 Å². The van der Waals surface area contributed by atoms with Gasteiger partial charge in [0.2, 0.25) is 0 Å². The highest BCUT2D eigenvalue weighted by molar-refractivity contribution is 6.04. The van der Waals surface area contributed by atoms with Gasteiger partial charge in [0, 0.05) is 18.4 Å². The molecule has 0 saturated carbocycles. The van der Waals surface area contributed by atoms with Crippen molar-refractivity contribution in [2.45, 2.75) is 26.7 Å². The molecule has 0 fully saturated rings. The van der Waals surface area contributed by atoms with E-state index in [0.29, 0.717) is 12.2 Å². The Morgan fingerprint density at radius 1 is 1.36 bits per heavy atom. The van der Waals surface area contributed by atoms with Crippen LogP contribution in [0.5, 0.6) is 0 Å². The molecule has 0 unspecified atom stereocenters. The minimum atomic E-state index is 0.290. The molecular formula is C13H14O. The number of fused-ring (bicyclic) bond motifs is 1. The van der Waals surface area contributed by atoms with Crippen molar-refractivity contribution in [2.24, 2.45) is 0 Å². The Labute approximate surface area is 84.5 Å². The van der Waals surface area contributed by atoms with Gasteiger partial charge < -0.3 is 0 Å². The summed E-state index contributed by atoms with van der Waals surface area (Å²) < 4.78 is 0. The molecule has 1 aliphatic rings. The van der Waals surface area contributed by atoms with Gasteiger partial charge in [0.15, 0.2) is 5.78 Å². The van der Waals surface area contributed by atoms with Gasteiger partial charge >= 0.3 is 0 Å². The molecule has 0 heterocycles. The monoisotopic (exact) mass is 186 g/mol. The van der Waals surface area contributed by atoms with Crippen LogP contribution in [0.3, 0.4) is 0 Å². The summed E-state index contributed by atoms with van der Waals surface area (Å²) in [5.74, 6) is 0.290. The molecular weight excluding hydrogens is 172 g/mol. The van der Waals surface area contributed by atoms with Crippen LogP contribution >= 0.6 is 0 Å². The molecule has 72 valence electrons. The maximum Gasteiger partial charge on any atom is 0.159 e. The molecule has 0 spiro atoms. The van der Waals surface area contributed by atoms with Crippen LogP contribution in [-0.4, -0.2) is 5.78 Å². The van der Waals surface area contributed by atoms with Crippen molar-refractivity contribution in [3.8, 4) is 0 Å². The van der Waals surface area contributed by atoms with Crippen LogP contribution in [-0.2, 0) is 11.2 Å². The van der Waals surface area contributed by atoms with Crippen LogP contribution in [0.4, 0.5) is 0 Å². The van der Waals surface area contributed by atoms with Gasteiger partial charge in [-0.1, -0.05) is 31.2 Å². The third-order valence-electron chi connectivity index (χ3n) is 2.90. The number of carbonyl (C=O) groups is 1. The van der Waals surface area contributed by atoms with Crippen LogP contribution in [0.1, 0.15) is 31.4 Å². The number of carbonyl (C=O) groups excluding carboxylic acids is 1. The summed E-state index contributed by atoms with van der Waals surface area (Å²) in [4.78, 5) is 11.6. The van der Waals surface area contributed by atoms with E-state index in [0.717, 1.165) is 12.0 Å². The van der Waals surface area contributed by atoms with E-state index < -0.39 is 0 Å². The van der Waals surface area contributed by atoms with E-state index in [1.807, 2.05) is 19.1 Å². The van der Waals surface area contributed by atoms with Crippen molar-refractivity contribution in [3.63, 3.8) is 0 Å². The summed E-state index contributed by atoms with van der Waals surface area (Å²) in [5.41, 5.74) is 4.73. The number of hydrogen-bond donors (Lipinski definition) is 0. The molecule has 0 bridgehead atoms. The molecule has 1 nitrogen and oxygen atoms in total. The predicted molar refractivity (Wildman–Crippen MR) is 58.0 cm³/mol. The molecule has 1 aliphatic carbocycles. The highest BCUT2D eigenvalue weighted by Gasteiger charge is 2.21.